The standard InChI is InChI=1S/C13H16ClNO4/c1-3-19-13(18)11(15-7-16)12(17)10-5-4-9(14)6-8(10)2/h4-7,11-12,17H,3H2,1-2H3,(H,15,16). The molecule has 0 spiro atoms. The van der Waals surface area contributed by atoms with Crippen LogP contribution in [0.3, 0.4) is 0 Å². The van der Waals surface area contributed by atoms with Crippen LogP contribution in [-0.2, 0) is 14.3 Å². The summed E-state index contributed by atoms with van der Waals surface area (Å²) in [5, 5.41) is 13.0. The van der Waals surface area contributed by atoms with Crippen LogP contribution in [0.2, 0.25) is 5.02 Å². The van der Waals surface area contributed by atoms with E-state index in [1.807, 2.05) is 0 Å². The molecule has 19 heavy (non-hydrogen) atoms. The van der Waals surface area contributed by atoms with Crippen LogP contribution >= 0.6 is 11.6 Å². The maximum absolute atomic E-state index is 11.7. The largest absolute Gasteiger partial charge is 0.464 e. The number of rotatable bonds is 6. The molecule has 1 amide bonds. The third kappa shape index (κ3) is 3.94. The van der Waals surface area contributed by atoms with Gasteiger partial charge in [0.1, 0.15) is 6.10 Å². The van der Waals surface area contributed by atoms with Gasteiger partial charge in [0.2, 0.25) is 6.41 Å². The summed E-state index contributed by atoms with van der Waals surface area (Å²) in [5.74, 6) is -0.684. The second kappa shape index (κ2) is 7.11. The highest BCUT2D eigenvalue weighted by atomic mass is 35.5. The normalized spacial score (nSPS) is 13.5. The van der Waals surface area contributed by atoms with Gasteiger partial charge in [0.15, 0.2) is 6.04 Å². The molecular weight excluding hydrogens is 270 g/mol. The van der Waals surface area contributed by atoms with Crippen molar-refractivity contribution in [2.75, 3.05) is 6.61 Å². The van der Waals surface area contributed by atoms with Crippen LogP contribution in [0.4, 0.5) is 0 Å². The van der Waals surface area contributed by atoms with Crippen molar-refractivity contribution < 1.29 is 19.4 Å². The van der Waals surface area contributed by atoms with E-state index >= 15 is 0 Å². The molecular formula is C13H16ClNO4. The maximum atomic E-state index is 11.7. The van der Waals surface area contributed by atoms with Crippen LogP contribution in [0.15, 0.2) is 18.2 Å². The lowest BCUT2D eigenvalue weighted by molar-refractivity contribution is -0.149. The number of aliphatic hydroxyl groups excluding tert-OH is 1. The Bertz CT molecular complexity index is 464. The van der Waals surface area contributed by atoms with Crippen LogP contribution in [0.5, 0.6) is 0 Å². The van der Waals surface area contributed by atoms with Gasteiger partial charge in [-0.25, -0.2) is 4.79 Å². The lowest BCUT2D eigenvalue weighted by Gasteiger charge is -2.22. The van der Waals surface area contributed by atoms with Crippen molar-refractivity contribution in [3.63, 3.8) is 0 Å². The van der Waals surface area contributed by atoms with Gasteiger partial charge in [-0.3, -0.25) is 4.79 Å². The summed E-state index contributed by atoms with van der Waals surface area (Å²) in [6, 6.07) is 3.75. The van der Waals surface area contributed by atoms with Crippen molar-refractivity contribution in [3.8, 4) is 0 Å². The minimum Gasteiger partial charge on any atom is -0.464 e. The number of hydrogen-bond acceptors (Lipinski definition) is 4. The van der Waals surface area contributed by atoms with Gasteiger partial charge in [0.25, 0.3) is 0 Å². The van der Waals surface area contributed by atoms with E-state index < -0.39 is 18.1 Å². The second-order valence-corrected chi connectivity index (χ2v) is 4.40. The minimum absolute atomic E-state index is 0.169. The van der Waals surface area contributed by atoms with Gasteiger partial charge < -0.3 is 15.2 Å². The third-order valence-corrected chi connectivity index (χ3v) is 2.89. The minimum atomic E-state index is -1.19. The topological polar surface area (TPSA) is 75.6 Å². The lowest BCUT2D eigenvalue weighted by atomic mass is 9.98. The van der Waals surface area contributed by atoms with E-state index in [0.717, 1.165) is 5.56 Å². The molecule has 2 atom stereocenters. The van der Waals surface area contributed by atoms with E-state index in [9.17, 15) is 14.7 Å². The lowest BCUT2D eigenvalue weighted by Crippen LogP contribution is -2.42. The monoisotopic (exact) mass is 285 g/mol. The summed E-state index contributed by atoms with van der Waals surface area (Å²) >= 11 is 5.83. The highest BCUT2D eigenvalue weighted by molar-refractivity contribution is 6.30. The van der Waals surface area contributed by atoms with Gasteiger partial charge in [-0.1, -0.05) is 17.7 Å². The highest BCUT2D eigenvalue weighted by Gasteiger charge is 2.29. The van der Waals surface area contributed by atoms with E-state index in [2.05, 4.69) is 5.32 Å². The van der Waals surface area contributed by atoms with E-state index in [4.69, 9.17) is 16.3 Å². The Morgan fingerprint density at radius 2 is 2.26 bits per heavy atom. The molecule has 0 radical (unpaired) electrons. The second-order valence-electron chi connectivity index (χ2n) is 3.96. The predicted octanol–water partition coefficient (Wildman–Crippen LogP) is 1.36. The molecule has 5 nitrogen and oxygen atoms in total. The number of nitrogens with one attached hydrogen (secondary N) is 1. The van der Waals surface area contributed by atoms with Gasteiger partial charge in [0, 0.05) is 5.02 Å². The molecule has 6 heteroatoms. The Hall–Kier alpha value is -1.59. The van der Waals surface area contributed by atoms with Gasteiger partial charge in [-0.15, -0.1) is 0 Å². The summed E-state index contributed by atoms with van der Waals surface area (Å²) in [6.45, 7) is 3.57. The van der Waals surface area contributed by atoms with E-state index in [1.54, 1.807) is 32.0 Å². The zero-order valence-electron chi connectivity index (χ0n) is 10.7. The van der Waals surface area contributed by atoms with Crippen LogP contribution in [0.1, 0.15) is 24.2 Å². The number of aliphatic hydroxyl groups is 1. The first-order chi connectivity index (χ1) is 9.01. The quantitative estimate of drug-likeness (QED) is 0.611. The van der Waals surface area contributed by atoms with Crippen molar-refractivity contribution in [1.82, 2.24) is 5.32 Å². The van der Waals surface area contributed by atoms with Crippen LogP contribution < -0.4 is 5.32 Å². The summed E-state index contributed by atoms with van der Waals surface area (Å²) in [5.41, 5.74) is 1.24. The molecule has 0 aromatic heterocycles. The van der Waals surface area contributed by atoms with Crippen LogP contribution in [-0.4, -0.2) is 30.1 Å². The van der Waals surface area contributed by atoms with E-state index in [-0.39, 0.29) is 6.61 Å². The number of hydrogen-bond donors (Lipinski definition) is 2. The SMILES string of the molecule is CCOC(=O)C(NC=O)C(O)c1ccc(Cl)cc1C. The number of halogens is 1. The summed E-state index contributed by atoms with van der Waals surface area (Å²) in [7, 11) is 0. The summed E-state index contributed by atoms with van der Waals surface area (Å²) in [6.07, 6.45) is -0.836. The number of esters is 1. The first-order valence-corrected chi connectivity index (χ1v) is 6.19. The molecule has 0 aliphatic rings. The summed E-state index contributed by atoms with van der Waals surface area (Å²) < 4.78 is 4.82. The molecule has 0 bridgehead atoms. The van der Waals surface area contributed by atoms with E-state index in [1.165, 1.54) is 0 Å². The Kier molecular flexibility index (Phi) is 5.79. The van der Waals surface area contributed by atoms with Crippen LogP contribution in [0, 0.1) is 6.92 Å². The number of carbonyl (C=O) groups is 2. The number of benzene rings is 1. The van der Waals surface area contributed by atoms with Crippen molar-refractivity contribution in [1.29, 1.82) is 0 Å². The molecule has 2 N–H and O–H groups in total. The fraction of sp³-hybridized carbons (Fsp3) is 0.385. The van der Waals surface area contributed by atoms with Crippen molar-refractivity contribution in [2.24, 2.45) is 0 Å². The molecule has 1 aromatic rings. The number of ether oxygens (including phenoxy) is 1. The zero-order chi connectivity index (χ0) is 14.4. The smallest absolute Gasteiger partial charge is 0.331 e. The van der Waals surface area contributed by atoms with Gasteiger partial charge in [0.05, 0.1) is 6.61 Å². The third-order valence-electron chi connectivity index (χ3n) is 2.65. The molecule has 2 unspecified atom stereocenters. The molecule has 104 valence electrons. The Morgan fingerprint density at radius 3 is 2.79 bits per heavy atom. The van der Waals surface area contributed by atoms with Gasteiger partial charge >= 0.3 is 5.97 Å². The van der Waals surface area contributed by atoms with Gasteiger partial charge in [-0.05, 0) is 37.1 Å². The first-order valence-electron chi connectivity index (χ1n) is 5.81. The predicted molar refractivity (Wildman–Crippen MR) is 70.8 cm³/mol. The number of carbonyl (C=O) groups excluding carboxylic acids is 2. The average molecular weight is 286 g/mol. The zero-order valence-corrected chi connectivity index (χ0v) is 11.5. The molecule has 0 fully saturated rings. The molecule has 0 saturated heterocycles. The Labute approximate surface area is 116 Å². The average Bonchev–Trinajstić information content (AvgIpc) is 2.35. The Balaban J connectivity index is 3.01. The Morgan fingerprint density at radius 1 is 1.58 bits per heavy atom. The fourth-order valence-electron chi connectivity index (χ4n) is 1.74. The fourth-order valence-corrected chi connectivity index (χ4v) is 1.97. The number of amides is 1. The maximum Gasteiger partial charge on any atom is 0.331 e. The van der Waals surface area contributed by atoms with Gasteiger partial charge in [-0.2, -0.15) is 0 Å². The summed E-state index contributed by atoms with van der Waals surface area (Å²) in [4.78, 5) is 22.2. The number of aryl methyl sites for hydroxylation is 1. The molecule has 1 rings (SSSR count). The molecule has 1 aromatic carbocycles. The van der Waals surface area contributed by atoms with Crippen LogP contribution in [0.25, 0.3) is 0 Å². The molecule has 0 heterocycles. The van der Waals surface area contributed by atoms with Crippen molar-refractivity contribution in [2.45, 2.75) is 26.0 Å². The molecule has 0 aliphatic carbocycles. The molecule has 0 saturated carbocycles. The van der Waals surface area contributed by atoms with Crippen molar-refractivity contribution >= 4 is 24.0 Å². The highest BCUT2D eigenvalue weighted by Crippen LogP contribution is 2.24. The molecule has 0 aliphatic heterocycles. The van der Waals surface area contributed by atoms with Crippen molar-refractivity contribution in [3.05, 3.63) is 34.3 Å². The first kappa shape index (κ1) is 15.5. The van der Waals surface area contributed by atoms with E-state index in [0.29, 0.717) is 17.0 Å².